The second-order valence-corrected chi connectivity index (χ2v) is 5.35. The molecule has 0 saturated carbocycles. The van der Waals surface area contributed by atoms with Crippen LogP contribution < -0.4 is 0 Å². The second kappa shape index (κ2) is 5.51. The fourth-order valence-electron chi connectivity index (χ4n) is 3.01. The van der Waals surface area contributed by atoms with Gasteiger partial charge < -0.3 is 4.90 Å². The first kappa shape index (κ1) is 12.3. The zero-order valence-corrected chi connectivity index (χ0v) is 11.1. The predicted octanol–water partition coefficient (Wildman–Crippen LogP) is 2.29. The van der Waals surface area contributed by atoms with Gasteiger partial charge in [-0.1, -0.05) is 6.08 Å². The predicted molar refractivity (Wildman–Crippen MR) is 72.5 cm³/mol. The molecule has 1 amide bonds. The highest BCUT2D eigenvalue weighted by Crippen LogP contribution is 2.28. The van der Waals surface area contributed by atoms with E-state index in [4.69, 9.17) is 0 Å². The number of nitrogens with zero attached hydrogens (tertiary/aromatic N) is 3. The van der Waals surface area contributed by atoms with E-state index < -0.39 is 0 Å². The van der Waals surface area contributed by atoms with Crippen LogP contribution >= 0.6 is 0 Å². The Hall–Kier alpha value is -1.71. The molecule has 4 heteroatoms. The quantitative estimate of drug-likeness (QED) is 0.816. The Morgan fingerprint density at radius 2 is 2.32 bits per heavy atom. The van der Waals surface area contributed by atoms with Gasteiger partial charge in [0, 0.05) is 36.5 Å². The Bertz CT molecular complexity index is 483. The van der Waals surface area contributed by atoms with Crippen LogP contribution in [0.1, 0.15) is 43.7 Å². The van der Waals surface area contributed by atoms with Crippen molar-refractivity contribution in [1.82, 2.24) is 14.9 Å². The Kier molecular flexibility index (Phi) is 3.58. The van der Waals surface area contributed by atoms with Crippen LogP contribution in [0.4, 0.5) is 0 Å². The van der Waals surface area contributed by atoms with Gasteiger partial charge in [0.15, 0.2) is 0 Å². The summed E-state index contributed by atoms with van der Waals surface area (Å²) in [5.74, 6) is 0.610. The maximum atomic E-state index is 12.4. The Morgan fingerprint density at radius 1 is 1.37 bits per heavy atom. The van der Waals surface area contributed by atoms with Gasteiger partial charge in [0.1, 0.15) is 6.33 Å². The molecule has 4 nitrogen and oxygen atoms in total. The number of hydrogen-bond donors (Lipinski definition) is 0. The highest BCUT2D eigenvalue weighted by molar-refractivity contribution is 5.93. The first-order valence-corrected chi connectivity index (χ1v) is 7.09. The molecule has 0 radical (unpaired) electrons. The molecule has 0 spiro atoms. The van der Waals surface area contributed by atoms with E-state index in [-0.39, 0.29) is 5.91 Å². The van der Waals surface area contributed by atoms with Crippen molar-refractivity contribution in [3.05, 3.63) is 35.9 Å². The smallest absolute Gasteiger partial charge is 0.249 e. The molecule has 3 rings (SSSR count). The van der Waals surface area contributed by atoms with Crippen molar-refractivity contribution in [3.63, 3.8) is 0 Å². The van der Waals surface area contributed by atoms with Crippen LogP contribution in [0.3, 0.4) is 0 Å². The van der Waals surface area contributed by atoms with E-state index in [1.165, 1.54) is 0 Å². The third-order valence-electron chi connectivity index (χ3n) is 4.05. The number of piperidine rings is 1. The monoisotopic (exact) mass is 257 g/mol. The lowest BCUT2D eigenvalue weighted by Crippen LogP contribution is -2.39. The number of amides is 1. The standard InChI is InChI=1S/C15H19N3O/c19-15(12-4-1-2-5-12)18-9-3-6-13(10-18)14-7-8-16-11-17-14/h4,7-8,11,13H,1-3,5-6,9-10H2/t13-/m0/s1. The number of carbonyl (C=O) groups is 1. The summed E-state index contributed by atoms with van der Waals surface area (Å²) in [4.78, 5) is 22.7. The maximum absolute atomic E-state index is 12.4. The van der Waals surface area contributed by atoms with E-state index >= 15 is 0 Å². The molecule has 2 aliphatic rings. The minimum atomic E-state index is 0.247. The second-order valence-electron chi connectivity index (χ2n) is 5.35. The largest absolute Gasteiger partial charge is 0.338 e. The molecule has 1 aliphatic carbocycles. The first-order valence-electron chi connectivity index (χ1n) is 7.09. The lowest BCUT2D eigenvalue weighted by molar-refractivity contribution is -0.128. The van der Waals surface area contributed by atoms with E-state index in [0.29, 0.717) is 5.92 Å². The summed E-state index contributed by atoms with van der Waals surface area (Å²) in [5.41, 5.74) is 2.08. The molecular weight excluding hydrogens is 238 g/mol. The zero-order chi connectivity index (χ0) is 13.1. The van der Waals surface area contributed by atoms with Gasteiger partial charge >= 0.3 is 0 Å². The van der Waals surface area contributed by atoms with Crippen LogP contribution in [0.15, 0.2) is 30.2 Å². The lowest BCUT2D eigenvalue weighted by Gasteiger charge is -2.32. The van der Waals surface area contributed by atoms with E-state index in [9.17, 15) is 4.79 Å². The zero-order valence-electron chi connectivity index (χ0n) is 11.1. The van der Waals surface area contributed by atoms with Gasteiger partial charge in [0.25, 0.3) is 0 Å². The summed E-state index contributed by atoms with van der Waals surface area (Å²) in [5, 5.41) is 0. The van der Waals surface area contributed by atoms with Crippen molar-refractivity contribution in [3.8, 4) is 0 Å². The summed E-state index contributed by atoms with van der Waals surface area (Å²) < 4.78 is 0. The molecule has 19 heavy (non-hydrogen) atoms. The average molecular weight is 257 g/mol. The summed E-state index contributed by atoms with van der Waals surface area (Å²) in [6.45, 7) is 1.69. The van der Waals surface area contributed by atoms with E-state index in [1.54, 1.807) is 12.5 Å². The number of allylic oxidation sites excluding steroid dienone is 1. The third-order valence-corrected chi connectivity index (χ3v) is 4.05. The number of likely N-dealkylation sites (tertiary alicyclic amines) is 1. The lowest BCUT2D eigenvalue weighted by atomic mass is 9.94. The van der Waals surface area contributed by atoms with Gasteiger partial charge in [0.2, 0.25) is 5.91 Å². The van der Waals surface area contributed by atoms with Crippen LogP contribution in [-0.4, -0.2) is 33.9 Å². The summed E-state index contributed by atoms with van der Waals surface area (Å²) in [7, 11) is 0. The molecule has 1 fully saturated rings. The summed E-state index contributed by atoms with van der Waals surface area (Å²) >= 11 is 0. The van der Waals surface area contributed by atoms with Crippen molar-refractivity contribution in [2.75, 3.05) is 13.1 Å². The highest BCUT2D eigenvalue weighted by Gasteiger charge is 2.27. The number of carbonyl (C=O) groups excluding carboxylic acids is 1. The van der Waals surface area contributed by atoms with Gasteiger partial charge in [-0.25, -0.2) is 9.97 Å². The number of rotatable bonds is 2. The van der Waals surface area contributed by atoms with E-state index in [0.717, 1.165) is 56.5 Å². The molecule has 1 atom stereocenters. The minimum Gasteiger partial charge on any atom is -0.338 e. The van der Waals surface area contributed by atoms with Crippen LogP contribution in [-0.2, 0) is 4.79 Å². The summed E-state index contributed by atoms with van der Waals surface area (Å²) in [6, 6.07) is 1.97. The van der Waals surface area contributed by atoms with Gasteiger partial charge in [-0.15, -0.1) is 0 Å². The van der Waals surface area contributed by atoms with Crippen LogP contribution in [0.25, 0.3) is 0 Å². The molecule has 0 aromatic carbocycles. The highest BCUT2D eigenvalue weighted by atomic mass is 16.2. The molecule has 0 unspecified atom stereocenters. The normalized spacial score (nSPS) is 23.3. The first-order chi connectivity index (χ1) is 9.34. The Morgan fingerprint density at radius 3 is 3.05 bits per heavy atom. The van der Waals surface area contributed by atoms with Crippen LogP contribution in [0, 0.1) is 0 Å². The topological polar surface area (TPSA) is 46.1 Å². The van der Waals surface area contributed by atoms with Crippen molar-refractivity contribution in [2.24, 2.45) is 0 Å². The molecule has 1 aromatic rings. The SMILES string of the molecule is O=C(C1=CCCC1)N1CCC[C@H](c2ccncn2)C1. The van der Waals surface area contributed by atoms with Crippen molar-refractivity contribution in [1.29, 1.82) is 0 Å². The van der Waals surface area contributed by atoms with Crippen molar-refractivity contribution >= 4 is 5.91 Å². The molecule has 0 N–H and O–H groups in total. The van der Waals surface area contributed by atoms with Crippen LogP contribution in [0.2, 0.25) is 0 Å². The molecular formula is C15H19N3O. The fraction of sp³-hybridized carbons (Fsp3) is 0.533. The Balaban J connectivity index is 1.69. The van der Waals surface area contributed by atoms with E-state index in [1.807, 2.05) is 11.0 Å². The number of aromatic nitrogens is 2. The Labute approximate surface area is 113 Å². The van der Waals surface area contributed by atoms with E-state index in [2.05, 4.69) is 16.0 Å². The maximum Gasteiger partial charge on any atom is 0.249 e. The number of hydrogen-bond acceptors (Lipinski definition) is 3. The molecule has 2 heterocycles. The fourth-order valence-corrected chi connectivity index (χ4v) is 3.01. The summed E-state index contributed by atoms with van der Waals surface area (Å²) in [6.07, 6.45) is 10.8. The van der Waals surface area contributed by atoms with Crippen molar-refractivity contribution < 1.29 is 4.79 Å². The third kappa shape index (κ3) is 2.67. The molecule has 1 saturated heterocycles. The van der Waals surface area contributed by atoms with Gasteiger partial charge in [-0.2, -0.15) is 0 Å². The van der Waals surface area contributed by atoms with Gasteiger partial charge in [0.05, 0.1) is 0 Å². The molecule has 1 aliphatic heterocycles. The van der Waals surface area contributed by atoms with Crippen molar-refractivity contribution in [2.45, 2.75) is 38.0 Å². The average Bonchev–Trinajstić information content (AvgIpc) is 3.02. The molecule has 0 bridgehead atoms. The van der Waals surface area contributed by atoms with Gasteiger partial charge in [-0.3, -0.25) is 4.79 Å². The molecule has 1 aromatic heterocycles. The minimum absolute atomic E-state index is 0.247. The molecule has 100 valence electrons. The van der Waals surface area contributed by atoms with Gasteiger partial charge in [-0.05, 0) is 38.2 Å². The van der Waals surface area contributed by atoms with Crippen LogP contribution in [0.5, 0.6) is 0 Å².